The van der Waals surface area contributed by atoms with E-state index >= 15 is 0 Å². The van der Waals surface area contributed by atoms with E-state index in [0.29, 0.717) is 24.6 Å². The fourth-order valence-electron chi connectivity index (χ4n) is 3.59. The smallest absolute Gasteiger partial charge is 0.0521 e. The van der Waals surface area contributed by atoms with Crippen LogP contribution in [0, 0.1) is 5.92 Å². The molecule has 2 aliphatic heterocycles. The van der Waals surface area contributed by atoms with Crippen LogP contribution in [0.15, 0.2) is 0 Å². The van der Waals surface area contributed by atoms with E-state index in [1.54, 1.807) is 0 Å². The second kappa shape index (κ2) is 8.20. The summed E-state index contributed by atoms with van der Waals surface area (Å²) in [7, 11) is 0. The molecule has 3 unspecified atom stereocenters. The van der Waals surface area contributed by atoms with Gasteiger partial charge in [0, 0.05) is 37.8 Å². The molecule has 2 aliphatic rings. The predicted molar refractivity (Wildman–Crippen MR) is 77.3 cm³/mol. The Morgan fingerprint density at radius 1 is 1.32 bits per heavy atom. The van der Waals surface area contributed by atoms with Gasteiger partial charge < -0.3 is 15.2 Å². The van der Waals surface area contributed by atoms with Gasteiger partial charge in [-0.25, -0.2) is 0 Å². The zero-order chi connectivity index (χ0) is 13.5. The number of piperidine rings is 1. The summed E-state index contributed by atoms with van der Waals surface area (Å²) >= 11 is 0. The van der Waals surface area contributed by atoms with Crippen molar-refractivity contribution >= 4 is 0 Å². The van der Waals surface area contributed by atoms with Crippen LogP contribution in [0.4, 0.5) is 0 Å². The van der Waals surface area contributed by atoms with E-state index in [1.807, 2.05) is 0 Å². The first kappa shape index (κ1) is 15.2. The molecule has 2 heterocycles. The monoisotopic (exact) mass is 270 g/mol. The summed E-state index contributed by atoms with van der Waals surface area (Å²) in [6, 6.07) is 1.19. The van der Waals surface area contributed by atoms with Gasteiger partial charge in [0.1, 0.15) is 0 Å². The third-order valence-corrected chi connectivity index (χ3v) is 4.62. The zero-order valence-corrected chi connectivity index (χ0v) is 12.3. The third kappa shape index (κ3) is 4.42. The molecule has 0 amide bonds. The number of nitrogens with zero attached hydrogens (tertiary/aromatic N) is 1. The van der Waals surface area contributed by atoms with E-state index in [1.165, 1.54) is 25.8 Å². The van der Waals surface area contributed by atoms with Gasteiger partial charge in [-0.2, -0.15) is 0 Å². The quantitative estimate of drug-likeness (QED) is 0.762. The van der Waals surface area contributed by atoms with Crippen molar-refractivity contribution < 1.29 is 9.84 Å². The highest BCUT2D eigenvalue weighted by Crippen LogP contribution is 2.23. The van der Waals surface area contributed by atoms with E-state index in [4.69, 9.17) is 4.74 Å². The summed E-state index contributed by atoms with van der Waals surface area (Å²) in [5.41, 5.74) is 0. The lowest BCUT2D eigenvalue weighted by Gasteiger charge is -2.41. The molecule has 112 valence electrons. The SMILES string of the molecule is CCNC1CCOCC1CN1CCCCC1CCO. The molecule has 4 nitrogen and oxygen atoms in total. The van der Waals surface area contributed by atoms with Crippen molar-refractivity contribution in [2.45, 2.75) is 51.1 Å². The Morgan fingerprint density at radius 3 is 3.00 bits per heavy atom. The predicted octanol–water partition coefficient (Wildman–Crippen LogP) is 1.24. The standard InChI is InChI=1S/C15H30N2O2/c1-2-16-15-7-10-19-12-13(15)11-17-8-4-3-5-14(17)6-9-18/h13-16,18H,2-12H2,1H3. The molecule has 0 aromatic carbocycles. The lowest BCUT2D eigenvalue weighted by atomic mass is 9.92. The van der Waals surface area contributed by atoms with Crippen LogP contribution in [0.25, 0.3) is 0 Å². The minimum atomic E-state index is 0.318. The third-order valence-electron chi connectivity index (χ3n) is 4.62. The van der Waals surface area contributed by atoms with Crippen LogP contribution in [-0.2, 0) is 4.74 Å². The number of aliphatic hydroxyl groups excluding tert-OH is 1. The van der Waals surface area contributed by atoms with Gasteiger partial charge in [0.05, 0.1) is 6.61 Å². The molecule has 0 radical (unpaired) electrons. The first-order valence-electron chi connectivity index (χ1n) is 8.01. The molecular formula is C15H30N2O2. The molecule has 0 spiro atoms. The Labute approximate surface area is 117 Å². The van der Waals surface area contributed by atoms with Gasteiger partial charge in [-0.15, -0.1) is 0 Å². The number of hydrogen-bond acceptors (Lipinski definition) is 4. The fourth-order valence-corrected chi connectivity index (χ4v) is 3.59. The van der Waals surface area contributed by atoms with Crippen molar-refractivity contribution in [1.82, 2.24) is 10.2 Å². The van der Waals surface area contributed by atoms with Gasteiger partial charge in [-0.05, 0) is 38.8 Å². The van der Waals surface area contributed by atoms with E-state index < -0.39 is 0 Å². The van der Waals surface area contributed by atoms with Crippen molar-refractivity contribution in [3.63, 3.8) is 0 Å². The van der Waals surface area contributed by atoms with Crippen molar-refractivity contribution in [1.29, 1.82) is 0 Å². The Kier molecular flexibility index (Phi) is 6.57. The Hall–Kier alpha value is -0.160. The van der Waals surface area contributed by atoms with Crippen molar-refractivity contribution in [3.8, 4) is 0 Å². The Morgan fingerprint density at radius 2 is 2.21 bits per heavy atom. The topological polar surface area (TPSA) is 44.7 Å². The van der Waals surface area contributed by atoms with Gasteiger partial charge in [0.2, 0.25) is 0 Å². The molecular weight excluding hydrogens is 240 g/mol. The number of aliphatic hydroxyl groups is 1. The summed E-state index contributed by atoms with van der Waals surface area (Å²) in [6.45, 7) is 7.65. The normalized spacial score (nSPS) is 33.5. The number of likely N-dealkylation sites (tertiary alicyclic amines) is 1. The molecule has 0 aromatic rings. The molecule has 0 saturated carbocycles. The summed E-state index contributed by atoms with van der Waals surface area (Å²) in [5, 5.41) is 12.8. The van der Waals surface area contributed by atoms with Crippen LogP contribution in [0.2, 0.25) is 0 Å². The second-order valence-electron chi connectivity index (χ2n) is 5.94. The van der Waals surface area contributed by atoms with E-state index in [0.717, 1.165) is 39.1 Å². The van der Waals surface area contributed by atoms with E-state index in [9.17, 15) is 5.11 Å². The minimum Gasteiger partial charge on any atom is -0.396 e. The molecule has 2 rings (SSSR count). The molecule has 4 heteroatoms. The van der Waals surface area contributed by atoms with Crippen LogP contribution < -0.4 is 5.32 Å². The highest BCUT2D eigenvalue weighted by molar-refractivity contribution is 4.85. The highest BCUT2D eigenvalue weighted by atomic mass is 16.5. The van der Waals surface area contributed by atoms with Crippen LogP contribution in [0.3, 0.4) is 0 Å². The number of rotatable bonds is 6. The van der Waals surface area contributed by atoms with Gasteiger partial charge >= 0.3 is 0 Å². The summed E-state index contributed by atoms with van der Waals surface area (Å²) in [4.78, 5) is 2.60. The molecule has 2 N–H and O–H groups in total. The molecule has 2 saturated heterocycles. The summed E-state index contributed by atoms with van der Waals surface area (Å²) in [5.74, 6) is 0.605. The average Bonchev–Trinajstić information content (AvgIpc) is 2.44. The molecule has 19 heavy (non-hydrogen) atoms. The number of ether oxygens (including phenoxy) is 1. The van der Waals surface area contributed by atoms with Crippen LogP contribution in [0.1, 0.15) is 39.0 Å². The Balaban J connectivity index is 1.88. The fraction of sp³-hybridized carbons (Fsp3) is 1.00. The van der Waals surface area contributed by atoms with Gasteiger partial charge in [-0.3, -0.25) is 4.90 Å². The molecule has 0 aromatic heterocycles. The lowest BCUT2D eigenvalue weighted by molar-refractivity contribution is 0.00248. The number of hydrogen-bond donors (Lipinski definition) is 2. The molecule has 0 bridgehead atoms. The molecule has 0 aliphatic carbocycles. The summed E-state index contributed by atoms with van der Waals surface area (Å²) in [6.07, 6.45) is 5.94. The highest BCUT2D eigenvalue weighted by Gasteiger charge is 2.30. The minimum absolute atomic E-state index is 0.318. The lowest BCUT2D eigenvalue weighted by Crippen LogP contribution is -2.51. The van der Waals surface area contributed by atoms with Crippen LogP contribution in [-0.4, -0.2) is 61.5 Å². The largest absolute Gasteiger partial charge is 0.396 e. The maximum Gasteiger partial charge on any atom is 0.0521 e. The molecule has 3 atom stereocenters. The maximum absolute atomic E-state index is 9.21. The van der Waals surface area contributed by atoms with Gasteiger partial charge in [0.15, 0.2) is 0 Å². The molecule has 2 fully saturated rings. The average molecular weight is 270 g/mol. The summed E-state index contributed by atoms with van der Waals surface area (Å²) < 4.78 is 5.68. The first-order valence-corrected chi connectivity index (χ1v) is 8.01. The van der Waals surface area contributed by atoms with Gasteiger partial charge in [-0.1, -0.05) is 13.3 Å². The van der Waals surface area contributed by atoms with Crippen LogP contribution >= 0.6 is 0 Å². The first-order chi connectivity index (χ1) is 9.35. The maximum atomic E-state index is 9.21. The zero-order valence-electron chi connectivity index (χ0n) is 12.3. The van der Waals surface area contributed by atoms with Crippen molar-refractivity contribution in [2.24, 2.45) is 5.92 Å². The van der Waals surface area contributed by atoms with Gasteiger partial charge in [0.25, 0.3) is 0 Å². The van der Waals surface area contributed by atoms with E-state index in [-0.39, 0.29) is 0 Å². The second-order valence-corrected chi connectivity index (χ2v) is 5.94. The Bertz CT molecular complexity index is 222. The number of nitrogens with one attached hydrogen (secondary N) is 1. The van der Waals surface area contributed by atoms with E-state index in [2.05, 4.69) is 17.1 Å². The van der Waals surface area contributed by atoms with Crippen LogP contribution in [0.5, 0.6) is 0 Å². The van der Waals surface area contributed by atoms with Crippen molar-refractivity contribution in [2.75, 3.05) is 39.5 Å². The van der Waals surface area contributed by atoms with Crippen molar-refractivity contribution in [3.05, 3.63) is 0 Å².